The second-order valence-electron chi connectivity index (χ2n) is 9.39. The molecule has 0 radical (unpaired) electrons. The van der Waals surface area contributed by atoms with Crippen molar-refractivity contribution in [2.24, 2.45) is 0 Å². The summed E-state index contributed by atoms with van der Waals surface area (Å²) in [4.78, 5) is 11.8. The highest BCUT2D eigenvalue weighted by atomic mass is 35.5. The Hall–Kier alpha value is -2.83. The Kier molecular flexibility index (Phi) is 7.52. The van der Waals surface area contributed by atoms with Crippen LogP contribution in [0.5, 0.6) is 0 Å². The molecule has 0 aliphatic carbocycles. The number of benzene rings is 3. The minimum absolute atomic E-state index is 0.127. The van der Waals surface area contributed by atoms with E-state index in [4.69, 9.17) is 27.6 Å². The van der Waals surface area contributed by atoms with Gasteiger partial charge < -0.3 is 14.1 Å². The number of carboxylic acid groups (broad SMARTS) is 1. The average molecular weight is 525 g/mol. The Bertz CT molecular complexity index is 1290. The number of aromatic carboxylic acids is 1. The van der Waals surface area contributed by atoms with Gasteiger partial charge in [0.25, 0.3) is 0 Å². The smallest absolute Gasteiger partial charge is 0.352 e. The van der Waals surface area contributed by atoms with Gasteiger partial charge in [-0.05, 0) is 45.1 Å². The molecule has 0 aliphatic heterocycles. The molecule has 0 amide bonds. The number of aromatic nitrogens is 1. The number of nitrogens with zero attached hydrogens (tertiary/aromatic N) is 1. The standard InChI is InChI=1S/C28H27Cl2NO3Si/c1-28(2,3)24-25(29)19(17-23(26(24)30)31-16-10-15-22(31)27(32)33)18-34-35(20-11-6-4-7-12-20)21-13-8-5-9-14-21/h4-17,35H,18H2,1-3H3,(H,32,33). The lowest BCUT2D eigenvalue weighted by molar-refractivity contribution is 0.0688. The lowest BCUT2D eigenvalue weighted by Crippen LogP contribution is -2.44. The van der Waals surface area contributed by atoms with Gasteiger partial charge in [0.2, 0.25) is 9.04 Å². The zero-order valence-corrected chi connectivity index (χ0v) is 22.5. The first-order valence-corrected chi connectivity index (χ1v) is 13.7. The number of carbonyl (C=O) groups is 1. The zero-order valence-electron chi connectivity index (χ0n) is 19.8. The quantitative estimate of drug-likeness (QED) is 0.310. The first-order chi connectivity index (χ1) is 16.7. The van der Waals surface area contributed by atoms with Crippen molar-refractivity contribution in [1.82, 2.24) is 4.57 Å². The fourth-order valence-corrected chi connectivity index (χ4v) is 7.51. The van der Waals surface area contributed by atoms with E-state index >= 15 is 0 Å². The van der Waals surface area contributed by atoms with Gasteiger partial charge in [0, 0.05) is 6.20 Å². The summed E-state index contributed by atoms with van der Waals surface area (Å²) < 4.78 is 8.21. The highest BCUT2D eigenvalue weighted by molar-refractivity contribution is 6.80. The SMILES string of the molecule is CC(C)(C)c1c(Cl)c(CO[SiH](c2ccccc2)c2ccccc2)cc(-n2cccc2C(=O)O)c1Cl. The van der Waals surface area contributed by atoms with Crippen molar-refractivity contribution < 1.29 is 14.3 Å². The minimum atomic E-state index is -2.01. The summed E-state index contributed by atoms with van der Waals surface area (Å²) in [6.45, 7) is 6.38. The molecule has 0 atom stereocenters. The summed E-state index contributed by atoms with van der Waals surface area (Å²) in [5.41, 5.74) is 1.86. The zero-order chi connectivity index (χ0) is 25.2. The molecule has 0 unspecified atom stereocenters. The van der Waals surface area contributed by atoms with Gasteiger partial charge in [-0.1, -0.05) is 105 Å². The molecule has 180 valence electrons. The van der Waals surface area contributed by atoms with Gasteiger partial charge in [-0.2, -0.15) is 0 Å². The van der Waals surface area contributed by atoms with Crippen molar-refractivity contribution >= 4 is 48.6 Å². The molecule has 35 heavy (non-hydrogen) atoms. The molecule has 3 aromatic carbocycles. The molecule has 0 aliphatic rings. The van der Waals surface area contributed by atoms with Gasteiger partial charge in [-0.3, -0.25) is 0 Å². The molecule has 4 nitrogen and oxygen atoms in total. The lowest BCUT2D eigenvalue weighted by Gasteiger charge is -2.27. The number of halogens is 2. The van der Waals surface area contributed by atoms with E-state index in [-0.39, 0.29) is 17.7 Å². The molecule has 0 saturated carbocycles. The van der Waals surface area contributed by atoms with Gasteiger partial charge in [-0.15, -0.1) is 0 Å². The summed E-state index contributed by atoms with van der Waals surface area (Å²) in [7, 11) is -2.01. The molecule has 0 saturated heterocycles. The highest BCUT2D eigenvalue weighted by Gasteiger charge is 2.28. The summed E-state index contributed by atoms with van der Waals surface area (Å²) in [5, 5.41) is 13.0. The van der Waals surface area contributed by atoms with Crippen LogP contribution >= 0.6 is 23.2 Å². The maximum atomic E-state index is 11.8. The van der Waals surface area contributed by atoms with Gasteiger partial charge in [-0.25, -0.2) is 4.79 Å². The third-order valence-corrected chi connectivity index (χ3v) is 9.14. The second kappa shape index (κ2) is 10.4. The molecule has 4 aromatic rings. The van der Waals surface area contributed by atoms with E-state index < -0.39 is 15.0 Å². The first kappa shape index (κ1) is 25.3. The number of hydrogen-bond donors (Lipinski definition) is 1. The largest absolute Gasteiger partial charge is 0.477 e. The number of carboxylic acids is 1. The van der Waals surface area contributed by atoms with Gasteiger partial charge in [0.05, 0.1) is 22.3 Å². The number of rotatable bonds is 7. The summed E-state index contributed by atoms with van der Waals surface area (Å²) in [5.74, 6) is -1.03. The Labute approximate surface area is 217 Å². The second-order valence-corrected chi connectivity index (χ2v) is 12.6. The Morgan fingerprint density at radius 1 is 0.914 bits per heavy atom. The van der Waals surface area contributed by atoms with E-state index in [9.17, 15) is 9.90 Å². The third kappa shape index (κ3) is 5.39. The van der Waals surface area contributed by atoms with Gasteiger partial charge in [0.15, 0.2) is 0 Å². The van der Waals surface area contributed by atoms with Crippen molar-refractivity contribution in [3.63, 3.8) is 0 Å². The van der Waals surface area contributed by atoms with E-state index in [2.05, 4.69) is 24.3 Å². The first-order valence-electron chi connectivity index (χ1n) is 11.3. The van der Waals surface area contributed by atoms with Crippen molar-refractivity contribution in [2.45, 2.75) is 32.8 Å². The minimum Gasteiger partial charge on any atom is -0.477 e. The van der Waals surface area contributed by atoms with E-state index in [0.717, 1.165) is 11.1 Å². The van der Waals surface area contributed by atoms with Crippen LogP contribution < -0.4 is 10.4 Å². The van der Waals surface area contributed by atoms with Crippen molar-refractivity contribution in [3.05, 3.63) is 112 Å². The van der Waals surface area contributed by atoms with Crippen LogP contribution in [0.4, 0.5) is 0 Å². The van der Waals surface area contributed by atoms with Crippen molar-refractivity contribution in [1.29, 1.82) is 0 Å². The molecule has 0 spiro atoms. The highest BCUT2D eigenvalue weighted by Crippen LogP contribution is 2.41. The molecular formula is C28H27Cl2NO3Si. The Balaban J connectivity index is 1.80. The topological polar surface area (TPSA) is 51.5 Å². The van der Waals surface area contributed by atoms with E-state index in [1.165, 1.54) is 10.4 Å². The van der Waals surface area contributed by atoms with Crippen LogP contribution in [-0.2, 0) is 16.4 Å². The number of hydrogen-bond acceptors (Lipinski definition) is 2. The van der Waals surface area contributed by atoms with Crippen LogP contribution in [0.2, 0.25) is 10.0 Å². The normalized spacial score (nSPS) is 11.7. The molecule has 1 aromatic heterocycles. The average Bonchev–Trinajstić information content (AvgIpc) is 3.31. The molecule has 7 heteroatoms. The fraction of sp³-hybridized carbons (Fsp3) is 0.179. The monoisotopic (exact) mass is 523 g/mol. The molecular weight excluding hydrogens is 497 g/mol. The Morgan fingerprint density at radius 2 is 1.49 bits per heavy atom. The fourth-order valence-electron chi connectivity index (χ4n) is 4.19. The van der Waals surface area contributed by atoms with Crippen LogP contribution in [-0.4, -0.2) is 24.7 Å². The molecule has 4 rings (SSSR count). The lowest BCUT2D eigenvalue weighted by atomic mass is 9.85. The Morgan fingerprint density at radius 3 is 2.00 bits per heavy atom. The van der Waals surface area contributed by atoms with Gasteiger partial charge >= 0.3 is 5.97 Å². The predicted octanol–water partition coefficient (Wildman–Crippen LogP) is 5.83. The van der Waals surface area contributed by atoms with E-state index in [1.54, 1.807) is 22.9 Å². The van der Waals surface area contributed by atoms with Gasteiger partial charge in [0.1, 0.15) is 5.69 Å². The summed E-state index contributed by atoms with van der Waals surface area (Å²) in [6, 6.07) is 25.5. The maximum Gasteiger partial charge on any atom is 0.352 e. The van der Waals surface area contributed by atoms with Crippen LogP contribution in [0.1, 0.15) is 42.4 Å². The van der Waals surface area contributed by atoms with Crippen LogP contribution in [0.15, 0.2) is 85.1 Å². The maximum absolute atomic E-state index is 11.8. The van der Waals surface area contributed by atoms with E-state index in [1.807, 2.05) is 63.2 Å². The van der Waals surface area contributed by atoms with Crippen molar-refractivity contribution in [2.75, 3.05) is 0 Å². The van der Waals surface area contributed by atoms with Crippen molar-refractivity contribution in [3.8, 4) is 5.69 Å². The molecule has 1 heterocycles. The van der Waals surface area contributed by atoms with Crippen LogP contribution in [0.3, 0.4) is 0 Å². The molecule has 1 N–H and O–H groups in total. The molecule has 0 fully saturated rings. The van der Waals surface area contributed by atoms with E-state index in [0.29, 0.717) is 15.7 Å². The molecule has 0 bridgehead atoms. The van der Waals surface area contributed by atoms with Crippen LogP contribution in [0, 0.1) is 0 Å². The summed E-state index contributed by atoms with van der Waals surface area (Å²) >= 11 is 13.8. The summed E-state index contributed by atoms with van der Waals surface area (Å²) in [6.07, 6.45) is 1.70. The van der Waals surface area contributed by atoms with Crippen LogP contribution in [0.25, 0.3) is 5.69 Å². The third-order valence-electron chi connectivity index (χ3n) is 5.84. The predicted molar refractivity (Wildman–Crippen MR) is 146 cm³/mol.